The largest absolute Gasteiger partial charge is 0.397 e. The van der Waals surface area contributed by atoms with Crippen LogP contribution in [0.25, 0.3) is 0 Å². The van der Waals surface area contributed by atoms with Gasteiger partial charge in [0.15, 0.2) is 0 Å². The quantitative estimate of drug-likeness (QED) is 0.701. The summed E-state index contributed by atoms with van der Waals surface area (Å²) in [5, 5.41) is 12.3. The lowest BCUT2D eigenvalue weighted by atomic mass is 10.1. The van der Waals surface area contributed by atoms with Crippen molar-refractivity contribution in [2.75, 3.05) is 31.8 Å². The number of amides is 1. The third kappa shape index (κ3) is 3.37. The van der Waals surface area contributed by atoms with Gasteiger partial charge < -0.3 is 21.1 Å². The molecule has 1 aromatic carbocycles. The molecule has 0 spiro atoms. The van der Waals surface area contributed by atoms with Gasteiger partial charge in [-0.1, -0.05) is 0 Å². The Morgan fingerprint density at radius 3 is 2.50 bits per heavy atom. The Labute approximate surface area is 108 Å². The van der Waals surface area contributed by atoms with Crippen molar-refractivity contribution in [3.05, 3.63) is 23.8 Å². The minimum Gasteiger partial charge on any atom is -0.397 e. The van der Waals surface area contributed by atoms with Gasteiger partial charge in [0.25, 0.3) is 5.91 Å². The maximum absolute atomic E-state index is 11.8. The van der Waals surface area contributed by atoms with Gasteiger partial charge in [-0.15, -0.1) is 0 Å². The van der Waals surface area contributed by atoms with Crippen LogP contribution in [0.15, 0.2) is 18.2 Å². The highest BCUT2D eigenvalue weighted by Gasteiger charge is 2.17. The molecule has 5 heteroatoms. The molecule has 4 N–H and O–H groups in total. The Bertz CT molecular complexity index is 442. The molecule has 5 nitrogen and oxygen atoms in total. The van der Waals surface area contributed by atoms with Gasteiger partial charge in [0, 0.05) is 19.7 Å². The average Bonchev–Trinajstić information content (AvgIpc) is 2.30. The molecule has 0 aliphatic rings. The van der Waals surface area contributed by atoms with Crippen LogP contribution >= 0.6 is 0 Å². The molecule has 0 saturated heterocycles. The van der Waals surface area contributed by atoms with Gasteiger partial charge in [0.2, 0.25) is 0 Å². The Kier molecular flexibility index (Phi) is 4.19. The summed E-state index contributed by atoms with van der Waals surface area (Å²) in [7, 11) is 3.39. The molecule has 0 heterocycles. The van der Waals surface area contributed by atoms with Crippen molar-refractivity contribution in [3.8, 4) is 0 Å². The normalized spacial score (nSPS) is 11.2. The molecule has 0 aliphatic heterocycles. The predicted molar refractivity (Wildman–Crippen MR) is 73.7 cm³/mol. The highest BCUT2D eigenvalue weighted by atomic mass is 16.3. The second-order valence-electron chi connectivity index (χ2n) is 5.17. The van der Waals surface area contributed by atoms with E-state index in [2.05, 4.69) is 5.32 Å². The molecule has 1 rings (SSSR count). The van der Waals surface area contributed by atoms with Crippen molar-refractivity contribution in [3.63, 3.8) is 0 Å². The summed E-state index contributed by atoms with van der Waals surface area (Å²) >= 11 is 0. The van der Waals surface area contributed by atoms with Crippen LogP contribution in [-0.2, 0) is 0 Å². The molecule has 0 aliphatic carbocycles. The third-order valence-electron chi connectivity index (χ3n) is 2.57. The number of rotatable bonds is 4. The van der Waals surface area contributed by atoms with E-state index in [0.717, 1.165) is 0 Å². The number of nitrogens with one attached hydrogen (secondary N) is 1. The van der Waals surface area contributed by atoms with Gasteiger partial charge >= 0.3 is 0 Å². The van der Waals surface area contributed by atoms with Crippen molar-refractivity contribution in [2.45, 2.75) is 19.4 Å². The Balaban J connectivity index is 2.97. The topological polar surface area (TPSA) is 78.6 Å². The number of hydrogen-bond acceptors (Lipinski definition) is 4. The number of nitrogens with zero attached hydrogens (tertiary/aromatic N) is 1. The van der Waals surface area contributed by atoms with E-state index in [9.17, 15) is 9.90 Å². The first-order valence-electron chi connectivity index (χ1n) is 5.77. The number of hydrogen-bond donors (Lipinski definition) is 3. The zero-order chi connectivity index (χ0) is 13.9. The second-order valence-corrected chi connectivity index (χ2v) is 5.17. The molecule has 0 saturated carbocycles. The van der Waals surface area contributed by atoms with Crippen molar-refractivity contribution in [1.29, 1.82) is 0 Å². The monoisotopic (exact) mass is 251 g/mol. The van der Waals surface area contributed by atoms with E-state index in [-0.39, 0.29) is 12.5 Å². The van der Waals surface area contributed by atoms with Crippen LogP contribution in [0.2, 0.25) is 0 Å². The number of nitrogens with two attached hydrogens (primary N) is 1. The summed E-state index contributed by atoms with van der Waals surface area (Å²) in [4.78, 5) is 13.3. The van der Waals surface area contributed by atoms with Gasteiger partial charge in [-0.05, 0) is 32.0 Å². The predicted octanol–water partition coefficient (Wildman–Crippen LogP) is 1.15. The molecular formula is C13H21N3O2. The van der Waals surface area contributed by atoms with E-state index in [0.29, 0.717) is 16.9 Å². The van der Waals surface area contributed by atoms with E-state index in [1.807, 2.05) is 13.8 Å². The third-order valence-corrected chi connectivity index (χ3v) is 2.57. The van der Waals surface area contributed by atoms with E-state index in [1.54, 1.807) is 32.3 Å². The number of nitrogen functional groups attached to an aromatic ring is 1. The fraction of sp³-hybridized carbons (Fsp3) is 0.462. The molecule has 0 unspecified atom stereocenters. The lowest BCUT2D eigenvalue weighted by molar-refractivity contribution is 0.0827. The van der Waals surface area contributed by atoms with Crippen LogP contribution in [0.5, 0.6) is 0 Å². The van der Waals surface area contributed by atoms with Crippen molar-refractivity contribution in [2.24, 2.45) is 0 Å². The number of aliphatic hydroxyl groups is 1. The molecule has 0 atom stereocenters. The first-order valence-corrected chi connectivity index (χ1v) is 5.77. The minimum absolute atomic E-state index is 0.00911. The smallest absolute Gasteiger partial charge is 0.253 e. The fourth-order valence-corrected chi connectivity index (χ4v) is 1.47. The maximum atomic E-state index is 11.8. The zero-order valence-corrected chi connectivity index (χ0v) is 11.3. The molecule has 1 aromatic rings. The SMILES string of the molecule is CN(C)C(=O)c1ccc(NC(C)(C)CO)c(N)c1. The molecular weight excluding hydrogens is 230 g/mol. The maximum Gasteiger partial charge on any atom is 0.253 e. The molecule has 0 fully saturated rings. The summed E-state index contributed by atoms with van der Waals surface area (Å²) in [6.45, 7) is 3.72. The lowest BCUT2D eigenvalue weighted by Gasteiger charge is -2.26. The van der Waals surface area contributed by atoms with E-state index in [1.165, 1.54) is 4.90 Å². The minimum atomic E-state index is -0.457. The highest BCUT2D eigenvalue weighted by Crippen LogP contribution is 2.23. The number of benzene rings is 1. The van der Waals surface area contributed by atoms with Crippen LogP contribution in [0.3, 0.4) is 0 Å². The van der Waals surface area contributed by atoms with E-state index < -0.39 is 5.54 Å². The van der Waals surface area contributed by atoms with Gasteiger partial charge in [-0.2, -0.15) is 0 Å². The first kappa shape index (κ1) is 14.3. The number of anilines is 2. The Hall–Kier alpha value is -1.75. The van der Waals surface area contributed by atoms with Gasteiger partial charge in [-0.25, -0.2) is 0 Å². The summed E-state index contributed by atoms with van der Waals surface area (Å²) in [6, 6.07) is 5.11. The number of aliphatic hydroxyl groups excluding tert-OH is 1. The molecule has 100 valence electrons. The second kappa shape index (κ2) is 5.27. The van der Waals surface area contributed by atoms with Gasteiger partial charge in [0.05, 0.1) is 23.5 Å². The summed E-state index contributed by atoms with van der Waals surface area (Å²) in [6.07, 6.45) is 0. The molecule has 18 heavy (non-hydrogen) atoms. The van der Waals surface area contributed by atoms with Gasteiger partial charge in [0.1, 0.15) is 0 Å². The molecule has 0 radical (unpaired) electrons. The lowest BCUT2D eigenvalue weighted by Crippen LogP contribution is -2.35. The molecule has 1 amide bonds. The molecule has 0 aromatic heterocycles. The number of carbonyl (C=O) groups excluding carboxylic acids is 1. The Morgan fingerprint density at radius 1 is 1.44 bits per heavy atom. The molecule has 0 bridgehead atoms. The standard InChI is InChI=1S/C13H21N3O2/c1-13(2,8-17)15-11-6-5-9(7-10(11)14)12(18)16(3)4/h5-7,15,17H,8,14H2,1-4H3. The Morgan fingerprint density at radius 2 is 2.06 bits per heavy atom. The summed E-state index contributed by atoms with van der Waals surface area (Å²) in [5.41, 5.74) is 7.20. The van der Waals surface area contributed by atoms with Crippen LogP contribution in [0.1, 0.15) is 24.2 Å². The van der Waals surface area contributed by atoms with E-state index in [4.69, 9.17) is 5.73 Å². The number of carbonyl (C=O) groups is 1. The highest BCUT2D eigenvalue weighted by molar-refractivity contribution is 5.95. The van der Waals surface area contributed by atoms with Crippen molar-refractivity contribution < 1.29 is 9.90 Å². The van der Waals surface area contributed by atoms with Crippen molar-refractivity contribution >= 4 is 17.3 Å². The van der Waals surface area contributed by atoms with Crippen LogP contribution in [0.4, 0.5) is 11.4 Å². The van der Waals surface area contributed by atoms with Crippen molar-refractivity contribution in [1.82, 2.24) is 4.90 Å². The van der Waals surface area contributed by atoms with Crippen LogP contribution in [-0.4, -0.2) is 42.2 Å². The summed E-state index contributed by atoms with van der Waals surface area (Å²) in [5.74, 6) is -0.0883. The zero-order valence-electron chi connectivity index (χ0n) is 11.3. The fourth-order valence-electron chi connectivity index (χ4n) is 1.47. The summed E-state index contributed by atoms with van der Waals surface area (Å²) < 4.78 is 0. The van der Waals surface area contributed by atoms with Gasteiger partial charge in [-0.3, -0.25) is 4.79 Å². The first-order chi connectivity index (χ1) is 8.26. The van der Waals surface area contributed by atoms with E-state index >= 15 is 0 Å². The average molecular weight is 251 g/mol. The van der Waals surface area contributed by atoms with Crippen LogP contribution in [0, 0.1) is 0 Å². The van der Waals surface area contributed by atoms with Crippen LogP contribution < -0.4 is 11.1 Å².